The summed E-state index contributed by atoms with van der Waals surface area (Å²) in [6.45, 7) is 0. The Labute approximate surface area is 268 Å². The van der Waals surface area contributed by atoms with Gasteiger partial charge in [0, 0.05) is 44.8 Å². The van der Waals surface area contributed by atoms with Crippen molar-refractivity contribution in [3.05, 3.63) is 109 Å². The third-order valence-corrected chi connectivity index (χ3v) is 8.29. The molecule has 2 aliphatic rings. The molecule has 5 heterocycles. The van der Waals surface area contributed by atoms with Gasteiger partial charge in [-0.15, -0.1) is 0 Å². The van der Waals surface area contributed by atoms with Gasteiger partial charge in [0.15, 0.2) is 0 Å². The standard InChI is InChI=1S/C36H18N8.Zn/c1-2-10-20-18-28-27(17-19(20)9-1)35-42-33-25-15-7-5-13-23(25)31(40-33)38-29-21-11-3-4-12-22(21)30(37-29)39-32-24-14-6-8-16-26(24)34(41-32)43-36(28)44-35;/h1-18H;/q-2;+2. The third-order valence-electron chi connectivity index (χ3n) is 8.29. The molecule has 8 nitrogen and oxygen atoms in total. The Kier molecular flexibility index (Phi) is 5.55. The van der Waals surface area contributed by atoms with Gasteiger partial charge in [-0.1, -0.05) is 97.1 Å². The second-order valence-electron chi connectivity index (χ2n) is 10.9. The zero-order chi connectivity index (χ0) is 28.8. The van der Waals surface area contributed by atoms with Gasteiger partial charge in [0.2, 0.25) is 0 Å². The van der Waals surface area contributed by atoms with E-state index >= 15 is 0 Å². The molecule has 2 aliphatic heterocycles. The summed E-state index contributed by atoms with van der Waals surface area (Å²) in [5, 5.41) is 5.76. The van der Waals surface area contributed by atoms with Crippen molar-refractivity contribution in [3.63, 3.8) is 0 Å². The van der Waals surface area contributed by atoms with Crippen LogP contribution < -0.4 is 9.97 Å². The van der Waals surface area contributed by atoms with E-state index in [0.29, 0.717) is 45.9 Å². The van der Waals surface area contributed by atoms with Crippen molar-refractivity contribution in [1.82, 2.24) is 39.9 Å². The van der Waals surface area contributed by atoms with Crippen LogP contribution in [0.15, 0.2) is 109 Å². The maximum absolute atomic E-state index is 5.06. The van der Waals surface area contributed by atoms with Crippen molar-refractivity contribution in [1.29, 1.82) is 0 Å². The average molecular weight is 628 g/mol. The molecule has 0 radical (unpaired) electrons. The largest absolute Gasteiger partial charge is 2.00 e. The van der Waals surface area contributed by atoms with Crippen molar-refractivity contribution < 1.29 is 19.5 Å². The molecular weight excluding hydrogens is 610 g/mol. The van der Waals surface area contributed by atoms with E-state index in [9.17, 15) is 0 Å². The zero-order valence-electron chi connectivity index (χ0n) is 23.7. The van der Waals surface area contributed by atoms with E-state index in [1.807, 2.05) is 84.9 Å². The Hall–Kier alpha value is -5.66. The van der Waals surface area contributed by atoms with Crippen LogP contribution in [0.3, 0.4) is 0 Å². The molecular formula is C36H18N8Zn. The Morgan fingerprint density at radius 2 is 0.644 bits per heavy atom. The molecule has 8 aromatic rings. The van der Waals surface area contributed by atoms with Gasteiger partial charge in [-0.2, -0.15) is 0 Å². The summed E-state index contributed by atoms with van der Waals surface area (Å²) < 4.78 is 0. The first-order chi connectivity index (χ1) is 21.8. The van der Waals surface area contributed by atoms with E-state index in [4.69, 9.17) is 39.9 Å². The molecule has 204 valence electrons. The first-order valence-electron chi connectivity index (χ1n) is 14.3. The average Bonchev–Trinajstić information content (AvgIpc) is 3.79. The van der Waals surface area contributed by atoms with Crippen LogP contribution in [0.4, 0.5) is 0 Å². The molecule has 0 saturated carbocycles. The Balaban J connectivity index is 0.00000281. The van der Waals surface area contributed by atoms with E-state index < -0.39 is 0 Å². The minimum Gasteiger partial charge on any atom is -0.357 e. The number of aromatic nitrogens is 8. The molecule has 0 spiro atoms. The van der Waals surface area contributed by atoms with Crippen LogP contribution in [0.25, 0.3) is 100 Å². The fraction of sp³-hybridized carbons (Fsp3) is 0. The molecule has 0 aliphatic carbocycles. The van der Waals surface area contributed by atoms with Gasteiger partial charge in [-0.3, -0.25) is 0 Å². The molecule has 9 heteroatoms. The predicted molar refractivity (Wildman–Crippen MR) is 171 cm³/mol. The Bertz CT molecular complexity index is 2510. The molecule has 8 bridgehead atoms. The second kappa shape index (κ2) is 9.67. The minimum absolute atomic E-state index is 0. The molecule has 0 unspecified atom stereocenters. The number of benzene rings is 5. The summed E-state index contributed by atoms with van der Waals surface area (Å²) in [5.74, 6) is 2.19. The van der Waals surface area contributed by atoms with Crippen LogP contribution in [0.1, 0.15) is 0 Å². The van der Waals surface area contributed by atoms with Gasteiger partial charge in [-0.05, 0) is 44.5 Å². The van der Waals surface area contributed by atoms with Crippen LogP contribution in [0, 0.1) is 0 Å². The summed E-state index contributed by atoms with van der Waals surface area (Å²) in [6, 6.07) is 36.5. The summed E-state index contributed by atoms with van der Waals surface area (Å²) in [4.78, 5) is 39.8. The van der Waals surface area contributed by atoms with Crippen molar-refractivity contribution >= 4 is 54.9 Å². The third kappa shape index (κ3) is 3.87. The predicted octanol–water partition coefficient (Wildman–Crippen LogP) is 7.28. The van der Waals surface area contributed by atoms with E-state index in [2.05, 4.69) is 24.3 Å². The van der Waals surface area contributed by atoms with Gasteiger partial charge >= 0.3 is 19.5 Å². The number of fused-ring (bicyclic) bond motifs is 21. The number of rotatable bonds is 0. The minimum atomic E-state index is 0. The van der Waals surface area contributed by atoms with E-state index in [-0.39, 0.29) is 19.5 Å². The van der Waals surface area contributed by atoms with Gasteiger partial charge in [0.1, 0.15) is 0 Å². The number of hydrogen-bond acceptors (Lipinski definition) is 6. The van der Waals surface area contributed by atoms with Gasteiger partial charge in [-0.25, -0.2) is 9.97 Å². The SMILES string of the molecule is [Zn+2].c1ccc2c(c1)-c1nc-2nc2[n-]c(nc3nc(nc4[n-]c(n1)c1ccccc41)-c1ccccc1-3)c1cc3ccccc3cc21. The van der Waals surface area contributed by atoms with Crippen molar-refractivity contribution in [3.8, 4) is 45.6 Å². The van der Waals surface area contributed by atoms with Crippen LogP contribution in [0.5, 0.6) is 0 Å². The molecule has 3 aromatic heterocycles. The summed E-state index contributed by atoms with van der Waals surface area (Å²) in [6.07, 6.45) is 0. The Morgan fingerprint density at radius 3 is 1.02 bits per heavy atom. The molecule has 10 rings (SSSR count). The topological polar surface area (TPSA) is 106 Å². The Morgan fingerprint density at radius 1 is 0.333 bits per heavy atom. The number of nitrogens with zero attached hydrogens (tertiary/aromatic N) is 8. The van der Waals surface area contributed by atoms with Crippen molar-refractivity contribution in [2.75, 3.05) is 0 Å². The molecule has 5 aromatic carbocycles. The maximum atomic E-state index is 5.06. The number of hydrogen-bond donors (Lipinski definition) is 0. The molecule has 0 atom stereocenters. The van der Waals surface area contributed by atoms with E-state index in [0.717, 1.165) is 54.6 Å². The van der Waals surface area contributed by atoms with Gasteiger partial charge in [0.05, 0.1) is 23.3 Å². The van der Waals surface area contributed by atoms with E-state index in [1.54, 1.807) is 0 Å². The molecule has 0 N–H and O–H groups in total. The van der Waals surface area contributed by atoms with Crippen LogP contribution in [-0.4, -0.2) is 29.9 Å². The summed E-state index contributed by atoms with van der Waals surface area (Å²) >= 11 is 0. The zero-order valence-corrected chi connectivity index (χ0v) is 26.6. The van der Waals surface area contributed by atoms with Crippen LogP contribution in [0.2, 0.25) is 0 Å². The molecule has 0 saturated heterocycles. The molecule has 0 fully saturated rings. The fourth-order valence-electron chi connectivity index (χ4n) is 6.20. The quantitative estimate of drug-likeness (QED) is 0.162. The van der Waals surface area contributed by atoms with Gasteiger partial charge in [0.25, 0.3) is 0 Å². The van der Waals surface area contributed by atoms with Crippen LogP contribution in [-0.2, 0) is 19.5 Å². The summed E-state index contributed by atoms with van der Waals surface area (Å²) in [5.41, 5.74) is 5.75. The van der Waals surface area contributed by atoms with Gasteiger partial charge < -0.3 is 29.9 Å². The smallest absolute Gasteiger partial charge is 0.357 e. The normalized spacial score (nSPS) is 11.8. The summed E-state index contributed by atoms with van der Waals surface area (Å²) in [7, 11) is 0. The van der Waals surface area contributed by atoms with Crippen molar-refractivity contribution in [2.45, 2.75) is 0 Å². The first-order valence-corrected chi connectivity index (χ1v) is 14.3. The maximum Gasteiger partial charge on any atom is 2.00 e. The van der Waals surface area contributed by atoms with E-state index in [1.165, 1.54) is 0 Å². The van der Waals surface area contributed by atoms with Crippen LogP contribution >= 0.6 is 0 Å². The molecule has 45 heavy (non-hydrogen) atoms. The molecule has 0 amide bonds. The van der Waals surface area contributed by atoms with Crippen molar-refractivity contribution in [2.24, 2.45) is 0 Å². The first kappa shape index (κ1) is 25.8. The monoisotopic (exact) mass is 626 g/mol. The fourth-order valence-corrected chi connectivity index (χ4v) is 6.20. The second-order valence-corrected chi connectivity index (χ2v) is 10.9.